The van der Waals surface area contributed by atoms with Crippen molar-refractivity contribution in [3.63, 3.8) is 0 Å². The predicted octanol–water partition coefficient (Wildman–Crippen LogP) is 2.91. The zero-order valence-electron chi connectivity index (χ0n) is 17.5. The fourth-order valence-electron chi connectivity index (χ4n) is 3.78. The van der Waals surface area contributed by atoms with Crippen molar-refractivity contribution in [2.24, 2.45) is 0 Å². The Hall–Kier alpha value is -3.68. The van der Waals surface area contributed by atoms with Gasteiger partial charge in [0.05, 0.1) is 6.54 Å². The molecule has 0 saturated carbocycles. The van der Waals surface area contributed by atoms with E-state index in [2.05, 4.69) is 20.5 Å². The lowest BCUT2D eigenvalue weighted by atomic mass is 10.1. The van der Waals surface area contributed by atoms with Crippen LogP contribution in [-0.4, -0.2) is 56.6 Å². The first-order chi connectivity index (χ1) is 15.1. The molecule has 1 aromatic heterocycles. The molecule has 3 amide bonds. The first-order valence-corrected chi connectivity index (χ1v) is 10.4. The summed E-state index contributed by atoms with van der Waals surface area (Å²) >= 11 is 0. The molecule has 0 bridgehead atoms. The summed E-state index contributed by atoms with van der Waals surface area (Å²) in [4.78, 5) is 34.2. The molecule has 0 radical (unpaired) electrons. The van der Waals surface area contributed by atoms with Crippen LogP contribution in [-0.2, 0) is 6.54 Å². The second kappa shape index (κ2) is 9.42. The van der Waals surface area contributed by atoms with Crippen molar-refractivity contribution in [3.05, 3.63) is 83.4 Å². The van der Waals surface area contributed by atoms with Crippen LogP contribution in [0.1, 0.15) is 40.0 Å². The van der Waals surface area contributed by atoms with E-state index in [1.54, 1.807) is 21.9 Å². The van der Waals surface area contributed by atoms with E-state index in [9.17, 15) is 9.59 Å². The third-order valence-electron chi connectivity index (χ3n) is 5.36. The first-order valence-electron chi connectivity index (χ1n) is 10.4. The number of aryl methyl sites for hydroxylation is 1. The van der Waals surface area contributed by atoms with Crippen molar-refractivity contribution < 1.29 is 9.59 Å². The second-order valence-electron chi connectivity index (χ2n) is 7.60. The van der Waals surface area contributed by atoms with Crippen molar-refractivity contribution in [2.75, 3.05) is 19.6 Å². The molecule has 160 valence electrons. The highest BCUT2D eigenvalue weighted by Crippen LogP contribution is 2.25. The Balaban J connectivity index is 1.53. The summed E-state index contributed by atoms with van der Waals surface area (Å²) in [6, 6.07) is 18.4. The average molecular weight is 419 g/mol. The zero-order valence-corrected chi connectivity index (χ0v) is 17.5. The van der Waals surface area contributed by atoms with E-state index < -0.39 is 6.04 Å². The highest BCUT2D eigenvalue weighted by atomic mass is 16.2. The quantitative estimate of drug-likeness (QED) is 0.681. The second-order valence-corrected chi connectivity index (χ2v) is 7.60. The Kier molecular flexibility index (Phi) is 6.26. The Bertz CT molecular complexity index is 1020. The van der Waals surface area contributed by atoms with Gasteiger partial charge in [-0.25, -0.2) is 9.78 Å². The molecule has 0 spiro atoms. The molecule has 1 saturated heterocycles. The van der Waals surface area contributed by atoms with Crippen LogP contribution in [0.2, 0.25) is 0 Å². The average Bonchev–Trinajstić information content (AvgIpc) is 3.12. The highest BCUT2D eigenvalue weighted by Gasteiger charge is 2.34. The molecule has 31 heavy (non-hydrogen) atoms. The number of urea groups is 1. The standard InChI is InChI=1S/C23H26N6O2/c1-17-25-21(27-26-17)20-16-28(23(31)24-15-18-9-4-2-5-10-18)13-8-14-29(20)22(30)19-11-6-3-7-12-19/h2-7,9-12,20H,8,13-16H2,1H3,(H,24,31)(H,25,26,27). The van der Waals surface area contributed by atoms with Crippen LogP contribution in [0.3, 0.4) is 0 Å². The summed E-state index contributed by atoms with van der Waals surface area (Å²) in [5, 5.41) is 10.1. The number of rotatable bonds is 4. The molecule has 1 fully saturated rings. The SMILES string of the molecule is Cc1nc(C2CN(C(=O)NCc3ccccc3)CCCN2C(=O)c2ccccc2)n[nH]1. The van der Waals surface area contributed by atoms with E-state index in [0.29, 0.717) is 49.8 Å². The van der Waals surface area contributed by atoms with E-state index in [1.165, 1.54) is 0 Å². The molecule has 1 unspecified atom stereocenters. The van der Waals surface area contributed by atoms with Gasteiger partial charge in [0.25, 0.3) is 5.91 Å². The number of carbonyl (C=O) groups excluding carboxylic acids is 2. The number of aromatic nitrogens is 3. The van der Waals surface area contributed by atoms with Gasteiger partial charge in [-0.1, -0.05) is 48.5 Å². The monoisotopic (exact) mass is 418 g/mol. The van der Waals surface area contributed by atoms with E-state index in [4.69, 9.17) is 0 Å². The smallest absolute Gasteiger partial charge is 0.317 e. The number of benzene rings is 2. The van der Waals surface area contributed by atoms with Crippen LogP contribution in [0.4, 0.5) is 4.79 Å². The van der Waals surface area contributed by atoms with Gasteiger partial charge in [0.2, 0.25) is 0 Å². The minimum absolute atomic E-state index is 0.0837. The third kappa shape index (κ3) is 4.91. The van der Waals surface area contributed by atoms with Gasteiger partial charge >= 0.3 is 6.03 Å². The summed E-state index contributed by atoms with van der Waals surface area (Å²) in [6.07, 6.45) is 0.678. The summed E-state index contributed by atoms with van der Waals surface area (Å²) in [5.74, 6) is 1.11. The van der Waals surface area contributed by atoms with Gasteiger partial charge in [-0.2, -0.15) is 5.10 Å². The topological polar surface area (TPSA) is 94.2 Å². The molecular formula is C23H26N6O2. The first kappa shape index (κ1) is 20.6. The largest absolute Gasteiger partial charge is 0.334 e. The van der Waals surface area contributed by atoms with Crippen LogP contribution in [0.25, 0.3) is 0 Å². The molecule has 2 N–H and O–H groups in total. The van der Waals surface area contributed by atoms with E-state index in [-0.39, 0.29) is 11.9 Å². The Labute approximate surface area is 181 Å². The van der Waals surface area contributed by atoms with Gasteiger partial charge in [-0.3, -0.25) is 9.89 Å². The van der Waals surface area contributed by atoms with Gasteiger partial charge in [0.1, 0.15) is 11.9 Å². The molecule has 8 nitrogen and oxygen atoms in total. The van der Waals surface area contributed by atoms with E-state index in [1.807, 2.05) is 55.5 Å². The third-order valence-corrected chi connectivity index (χ3v) is 5.36. The minimum Gasteiger partial charge on any atom is -0.334 e. The van der Waals surface area contributed by atoms with Crippen molar-refractivity contribution in [1.82, 2.24) is 30.3 Å². The van der Waals surface area contributed by atoms with Crippen molar-refractivity contribution in [3.8, 4) is 0 Å². The zero-order chi connectivity index (χ0) is 21.6. The summed E-state index contributed by atoms with van der Waals surface area (Å²) < 4.78 is 0. The highest BCUT2D eigenvalue weighted by molar-refractivity contribution is 5.94. The maximum absolute atomic E-state index is 13.3. The molecule has 4 rings (SSSR count). The number of nitrogens with one attached hydrogen (secondary N) is 2. The van der Waals surface area contributed by atoms with Gasteiger partial charge in [0.15, 0.2) is 5.82 Å². The predicted molar refractivity (Wildman–Crippen MR) is 116 cm³/mol. The van der Waals surface area contributed by atoms with Crippen LogP contribution < -0.4 is 5.32 Å². The molecule has 2 heterocycles. The van der Waals surface area contributed by atoms with Crippen LogP contribution in [0.5, 0.6) is 0 Å². The summed E-state index contributed by atoms with van der Waals surface area (Å²) in [6.45, 7) is 3.68. The normalized spacial score (nSPS) is 16.6. The van der Waals surface area contributed by atoms with Crippen LogP contribution in [0, 0.1) is 6.92 Å². The van der Waals surface area contributed by atoms with E-state index >= 15 is 0 Å². The lowest BCUT2D eigenvalue weighted by Gasteiger charge is -2.30. The van der Waals surface area contributed by atoms with E-state index in [0.717, 1.165) is 5.56 Å². The van der Waals surface area contributed by atoms with Gasteiger partial charge in [0, 0.05) is 25.2 Å². The van der Waals surface area contributed by atoms with Gasteiger partial charge in [-0.05, 0) is 31.0 Å². The molecule has 1 aliphatic rings. The molecule has 1 atom stereocenters. The molecular weight excluding hydrogens is 392 g/mol. The number of amides is 3. The molecule has 8 heteroatoms. The summed E-state index contributed by atoms with van der Waals surface area (Å²) in [5.41, 5.74) is 1.65. The molecule has 2 aromatic carbocycles. The fourth-order valence-corrected chi connectivity index (χ4v) is 3.78. The fraction of sp³-hybridized carbons (Fsp3) is 0.304. The van der Waals surface area contributed by atoms with Gasteiger partial charge in [-0.15, -0.1) is 0 Å². The van der Waals surface area contributed by atoms with Gasteiger partial charge < -0.3 is 15.1 Å². The minimum atomic E-state index is -0.428. The number of hydrogen-bond acceptors (Lipinski definition) is 4. The number of carbonyl (C=O) groups is 2. The Morgan fingerprint density at radius 2 is 1.77 bits per heavy atom. The number of nitrogens with zero attached hydrogens (tertiary/aromatic N) is 4. The Morgan fingerprint density at radius 1 is 1.06 bits per heavy atom. The van der Waals surface area contributed by atoms with Crippen molar-refractivity contribution in [2.45, 2.75) is 25.9 Å². The number of aromatic amines is 1. The maximum Gasteiger partial charge on any atom is 0.317 e. The van der Waals surface area contributed by atoms with Crippen LogP contribution >= 0.6 is 0 Å². The van der Waals surface area contributed by atoms with Crippen molar-refractivity contribution in [1.29, 1.82) is 0 Å². The van der Waals surface area contributed by atoms with Crippen molar-refractivity contribution >= 4 is 11.9 Å². The van der Waals surface area contributed by atoms with Crippen LogP contribution in [0.15, 0.2) is 60.7 Å². The maximum atomic E-state index is 13.3. The molecule has 1 aliphatic heterocycles. The lowest BCUT2D eigenvalue weighted by Crippen LogP contribution is -2.44. The lowest BCUT2D eigenvalue weighted by molar-refractivity contribution is 0.0669. The molecule has 3 aromatic rings. The number of hydrogen-bond donors (Lipinski definition) is 2. The molecule has 0 aliphatic carbocycles. The Morgan fingerprint density at radius 3 is 2.45 bits per heavy atom. The summed E-state index contributed by atoms with van der Waals surface area (Å²) in [7, 11) is 0. The number of H-pyrrole nitrogens is 1.